The van der Waals surface area contributed by atoms with E-state index in [4.69, 9.17) is 4.74 Å². The van der Waals surface area contributed by atoms with Gasteiger partial charge < -0.3 is 9.64 Å². The van der Waals surface area contributed by atoms with Crippen molar-refractivity contribution in [1.82, 2.24) is 4.90 Å². The molecule has 0 aromatic carbocycles. The van der Waals surface area contributed by atoms with Gasteiger partial charge in [0.2, 0.25) is 0 Å². The van der Waals surface area contributed by atoms with Crippen molar-refractivity contribution in [2.24, 2.45) is 11.8 Å². The number of amides is 1. The van der Waals surface area contributed by atoms with Gasteiger partial charge in [-0.25, -0.2) is 4.79 Å². The second-order valence-corrected chi connectivity index (χ2v) is 6.19. The molecule has 96 valence electrons. The maximum Gasteiger partial charge on any atom is 0.410 e. The highest BCUT2D eigenvalue weighted by Gasteiger charge is 2.40. The molecule has 4 heteroatoms. The first-order valence-corrected chi connectivity index (χ1v) is 6.35. The summed E-state index contributed by atoms with van der Waals surface area (Å²) in [6.45, 7) is 7.06. The minimum absolute atomic E-state index is 0.237. The van der Waals surface area contributed by atoms with Gasteiger partial charge in [0.25, 0.3) is 0 Å². The molecule has 1 heterocycles. The fourth-order valence-corrected chi connectivity index (χ4v) is 2.71. The van der Waals surface area contributed by atoms with Gasteiger partial charge in [-0.2, -0.15) is 0 Å². The summed E-state index contributed by atoms with van der Waals surface area (Å²) in [5.41, 5.74) is -0.444. The molecule has 2 aliphatic rings. The van der Waals surface area contributed by atoms with E-state index in [0.717, 1.165) is 13.0 Å². The Morgan fingerprint density at radius 1 is 1.29 bits per heavy atom. The Morgan fingerprint density at radius 2 is 1.94 bits per heavy atom. The molecule has 2 rings (SSSR count). The molecule has 1 amide bonds. The van der Waals surface area contributed by atoms with Crippen LogP contribution in [0.3, 0.4) is 0 Å². The first-order chi connectivity index (χ1) is 7.85. The zero-order valence-electron chi connectivity index (χ0n) is 10.9. The lowest BCUT2D eigenvalue weighted by Gasteiger charge is -2.24. The van der Waals surface area contributed by atoms with Gasteiger partial charge in [0.15, 0.2) is 0 Å². The summed E-state index contributed by atoms with van der Waals surface area (Å²) in [7, 11) is 0. The number of nitrogens with zero attached hydrogens (tertiary/aromatic N) is 1. The normalized spacial score (nSPS) is 29.1. The van der Waals surface area contributed by atoms with Crippen LogP contribution in [-0.2, 0) is 9.53 Å². The Labute approximate surface area is 102 Å². The monoisotopic (exact) mass is 239 g/mol. The van der Waals surface area contributed by atoms with Gasteiger partial charge in [0.1, 0.15) is 11.4 Å². The summed E-state index contributed by atoms with van der Waals surface area (Å²) in [6.07, 6.45) is 2.02. The lowest BCUT2D eigenvalue weighted by Crippen LogP contribution is -2.35. The molecule has 2 atom stereocenters. The molecule has 4 nitrogen and oxygen atoms in total. The van der Waals surface area contributed by atoms with Crippen LogP contribution in [-0.4, -0.2) is 35.5 Å². The van der Waals surface area contributed by atoms with Crippen LogP contribution in [0, 0.1) is 11.8 Å². The van der Waals surface area contributed by atoms with Gasteiger partial charge in [-0.1, -0.05) is 0 Å². The van der Waals surface area contributed by atoms with E-state index in [2.05, 4.69) is 0 Å². The number of ether oxygens (including phenoxy) is 1. The summed E-state index contributed by atoms with van der Waals surface area (Å²) in [5.74, 6) is 1.21. The molecule has 0 aromatic rings. The molecule has 2 fully saturated rings. The maximum absolute atomic E-state index is 11.9. The van der Waals surface area contributed by atoms with Crippen molar-refractivity contribution in [3.63, 3.8) is 0 Å². The summed E-state index contributed by atoms with van der Waals surface area (Å²) in [4.78, 5) is 25.0. The van der Waals surface area contributed by atoms with Crippen LogP contribution >= 0.6 is 0 Å². The van der Waals surface area contributed by atoms with Crippen LogP contribution in [0.1, 0.15) is 40.0 Å². The third kappa shape index (κ3) is 2.99. The second kappa shape index (κ2) is 4.31. The molecule has 1 aliphatic heterocycles. The van der Waals surface area contributed by atoms with Crippen molar-refractivity contribution < 1.29 is 14.3 Å². The van der Waals surface area contributed by atoms with Crippen molar-refractivity contribution in [2.45, 2.75) is 45.6 Å². The molecule has 0 N–H and O–H groups in total. The van der Waals surface area contributed by atoms with Gasteiger partial charge >= 0.3 is 6.09 Å². The number of hydrogen-bond acceptors (Lipinski definition) is 3. The van der Waals surface area contributed by atoms with Crippen molar-refractivity contribution in [2.75, 3.05) is 13.1 Å². The minimum Gasteiger partial charge on any atom is -0.444 e. The van der Waals surface area contributed by atoms with Crippen molar-refractivity contribution >= 4 is 11.9 Å². The molecular weight excluding hydrogens is 218 g/mol. The van der Waals surface area contributed by atoms with Crippen LogP contribution in [0.4, 0.5) is 4.79 Å². The van der Waals surface area contributed by atoms with Crippen LogP contribution < -0.4 is 0 Å². The smallest absolute Gasteiger partial charge is 0.410 e. The molecule has 1 aliphatic carbocycles. The number of hydrogen-bond donors (Lipinski definition) is 0. The van der Waals surface area contributed by atoms with Crippen molar-refractivity contribution in [3.05, 3.63) is 0 Å². The third-order valence-electron chi connectivity index (χ3n) is 3.51. The Hall–Kier alpha value is -1.06. The molecular formula is C13H21NO3. The van der Waals surface area contributed by atoms with Gasteiger partial charge in [-0.05, 0) is 39.0 Å². The third-order valence-corrected chi connectivity index (χ3v) is 3.51. The number of carbonyl (C=O) groups excluding carboxylic acids is 2. The number of fused-ring (bicyclic) bond motifs is 1. The van der Waals surface area contributed by atoms with E-state index in [-0.39, 0.29) is 6.09 Å². The van der Waals surface area contributed by atoms with Crippen LogP contribution in [0.5, 0.6) is 0 Å². The quantitative estimate of drug-likeness (QED) is 0.651. The van der Waals surface area contributed by atoms with E-state index in [0.29, 0.717) is 37.0 Å². The SMILES string of the molecule is CC(C)(C)OC(=O)N1C[C@H]2CCC(=O)C[C@H]2C1. The summed E-state index contributed by atoms with van der Waals surface area (Å²) >= 11 is 0. The van der Waals surface area contributed by atoms with E-state index >= 15 is 0 Å². The predicted octanol–water partition coefficient (Wildman–Crippen LogP) is 2.22. The number of Topliss-reactive ketones (excluding diaryl/α,β-unsaturated/α-hetero) is 1. The molecule has 0 aromatic heterocycles. The van der Waals surface area contributed by atoms with Crippen LogP contribution in [0.2, 0.25) is 0 Å². The average Bonchev–Trinajstić information content (AvgIpc) is 2.57. The summed E-state index contributed by atoms with van der Waals surface area (Å²) in [6, 6.07) is 0. The summed E-state index contributed by atoms with van der Waals surface area (Å²) in [5, 5.41) is 0. The van der Waals surface area contributed by atoms with E-state index < -0.39 is 5.60 Å². The van der Waals surface area contributed by atoms with Gasteiger partial charge in [-0.3, -0.25) is 4.79 Å². The zero-order chi connectivity index (χ0) is 12.6. The molecule has 0 spiro atoms. The van der Waals surface area contributed by atoms with Gasteiger partial charge in [-0.15, -0.1) is 0 Å². The molecule has 0 radical (unpaired) electrons. The van der Waals surface area contributed by atoms with E-state index in [1.54, 1.807) is 4.90 Å². The minimum atomic E-state index is -0.444. The number of ketones is 1. The lowest BCUT2D eigenvalue weighted by atomic mass is 9.81. The highest BCUT2D eigenvalue weighted by Crippen LogP contribution is 2.35. The second-order valence-electron chi connectivity index (χ2n) is 6.19. The fourth-order valence-electron chi connectivity index (χ4n) is 2.71. The van der Waals surface area contributed by atoms with Crippen molar-refractivity contribution in [1.29, 1.82) is 0 Å². The van der Waals surface area contributed by atoms with E-state index in [1.165, 1.54) is 0 Å². The highest BCUT2D eigenvalue weighted by molar-refractivity contribution is 5.80. The molecule has 17 heavy (non-hydrogen) atoms. The molecule has 0 bridgehead atoms. The van der Waals surface area contributed by atoms with Crippen LogP contribution in [0.15, 0.2) is 0 Å². The Kier molecular flexibility index (Phi) is 3.15. The Morgan fingerprint density at radius 3 is 2.59 bits per heavy atom. The Balaban J connectivity index is 1.93. The predicted molar refractivity (Wildman–Crippen MR) is 63.6 cm³/mol. The van der Waals surface area contributed by atoms with Crippen molar-refractivity contribution in [3.8, 4) is 0 Å². The highest BCUT2D eigenvalue weighted by atomic mass is 16.6. The summed E-state index contributed by atoms with van der Waals surface area (Å²) < 4.78 is 5.36. The first kappa shape index (κ1) is 12.4. The van der Waals surface area contributed by atoms with E-state index in [9.17, 15) is 9.59 Å². The standard InChI is InChI=1S/C13H21NO3/c1-13(2,3)17-12(16)14-7-9-4-5-11(15)6-10(9)8-14/h9-10H,4-8H2,1-3H3/t9-,10+/m1/s1. The van der Waals surface area contributed by atoms with Gasteiger partial charge in [0, 0.05) is 25.9 Å². The largest absolute Gasteiger partial charge is 0.444 e. The van der Waals surface area contributed by atoms with E-state index in [1.807, 2.05) is 20.8 Å². The first-order valence-electron chi connectivity index (χ1n) is 6.35. The fraction of sp³-hybridized carbons (Fsp3) is 0.846. The lowest BCUT2D eigenvalue weighted by molar-refractivity contribution is -0.122. The van der Waals surface area contributed by atoms with Gasteiger partial charge in [0.05, 0.1) is 0 Å². The molecule has 0 unspecified atom stereocenters. The molecule has 1 saturated heterocycles. The Bertz CT molecular complexity index is 332. The average molecular weight is 239 g/mol. The maximum atomic E-state index is 11.9. The number of carbonyl (C=O) groups is 2. The zero-order valence-corrected chi connectivity index (χ0v) is 10.9. The topological polar surface area (TPSA) is 46.6 Å². The number of likely N-dealkylation sites (tertiary alicyclic amines) is 1. The molecule has 1 saturated carbocycles. The van der Waals surface area contributed by atoms with Crippen LogP contribution in [0.25, 0.3) is 0 Å². The number of rotatable bonds is 0.